The Balaban J connectivity index is 1.73. The Bertz CT molecular complexity index is 668. The molecule has 0 aliphatic carbocycles. The largest absolute Gasteiger partial charge is 0.369 e. The van der Waals surface area contributed by atoms with E-state index < -0.39 is 0 Å². The van der Waals surface area contributed by atoms with Crippen LogP contribution in [0.15, 0.2) is 24.3 Å². The van der Waals surface area contributed by atoms with Gasteiger partial charge in [-0.1, -0.05) is 12.1 Å². The number of fused-ring (bicyclic) bond motifs is 1. The van der Waals surface area contributed by atoms with Gasteiger partial charge in [0.05, 0.1) is 17.4 Å². The number of carbonyl (C=O) groups is 3. The Kier molecular flexibility index (Phi) is 4.53. The van der Waals surface area contributed by atoms with Crippen molar-refractivity contribution in [3.05, 3.63) is 24.3 Å². The van der Waals surface area contributed by atoms with Crippen LogP contribution in [0.4, 0.5) is 11.4 Å². The molecule has 128 valence electrons. The van der Waals surface area contributed by atoms with E-state index in [0.29, 0.717) is 31.6 Å². The molecule has 1 aromatic carbocycles. The second-order valence-electron chi connectivity index (χ2n) is 6.38. The summed E-state index contributed by atoms with van der Waals surface area (Å²) in [6.45, 7) is 3.18. The van der Waals surface area contributed by atoms with Crippen LogP contribution in [0.5, 0.6) is 0 Å². The van der Waals surface area contributed by atoms with Crippen molar-refractivity contribution >= 4 is 29.1 Å². The zero-order valence-electron chi connectivity index (χ0n) is 13.7. The third-order valence-corrected chi connectivity index (χ3v) is 4.87. The fraction of sp³-hybridized carbons (Fsp3) is 0.471. The zero-order valence-corrected chi connectivity index (χ0v) is 13.7. The maximum atomic E-state index is 12.9. The second kappa shape index (κ2) is 6.60. The lowest BCUT2D eigenvalue weighted by molar-refractivity contribution is -0.127. The summed E-state index contributed by atoms with van der Waals surface area (Å²) in [7, 11) is 0. The molecule has 2 aliphatic heterocycles. The van der Waals surface area contributed by atoms with E-state index in [1.807, 2.05) is 25.1 Å². The number of nitrogens with one attached hydrogen (secondary N) is 1. The van der Waals surface area contributed by atoms with Crippen LogP contribution >= 0.6 is 0 Å². The second-order valence-corrected chi connectivity index (χ2v) is 6.38. The highest BCUT2D eigenvalue weighted by Gasteiger charge is 2.34. The third kappa shape index (κ3) is 3.12. The molecule has 7 heteroatoms. The summed E-state index contributed by atoms with van der Waals surface area (Å²) in [6.07, 6.45) is 1.34. The van der Waals surface area contributed by atoms with Gasteiger partial charge in [-0.25, -0.2) is 0 Å². The quantitative estimate of drug-likeness (QED) is 0.846. The van der Waals surface area contributed by atoms with Gasteiger partial charge in [0.1, 0.15) is 6.54 Å². The minimum absolute atomic E-state index is 0.0257. The summed E-state index contributed by atoms with van der Waals surface area (Å²) < 4.78 is 0. The first-order valence-corrected chi connectivity index (χ1v) is 8.21. The number of amides is 3. The SMILES string of the molecule is CC(C(=O)N1CC(=O)Nc2ccccc21)N1CCC(C(N)=O)CC1. The van der Waals surface area contributed by atoms with Crippen molar-refractivity contribution in [1.29, 1.82) is 0 Å². The molecule has 1 fully saturated rings. The van der Waals surface area contributed by atoms with Gasteiger partial charge in [0.2, 0.25) is 17.7 Å². The molecule has 24 heavy (non-hydrogen) atoms. The molecule has 7 nitrogen and oxygen atoms in total. The number of primary amides is 1. The molecule has 0 radical (unpaired) electrons. The summed E-state index contributed by atoms with van der Waals surface area (Å²) in [5.41, 5.74) is 6.73. The number of rotatable bonds is 3. The standard InChI is InChI=1S/C17H22N4O3/c1-11(20-8-6-12(7-9-20)16(18)23)17(24)21-10-15(22)19-13-4-2-3-5-14(13)21/h2-5,11-12H,6-10H2,1H3,(H2,18,23)(H,19,22). The molecule has 0 saturated carbocycles. The Morgan fingerprint density at radius 2 is 1.92 bits per heavy atom. The summed E-state index contributed by atoms with van der Waals surface area (Å²) in [6, 6.07) is 6.94. The fourth-order valence-corrected chi connectivity index (χ4v) is 3.38. The number of piperidine rings is 1. The Labute approximate surface area is 140 Å². The highest BCUT2D eigenvalue weighted by molar-refractivity contribution is 6.11. The molecule has 0 bridgehead atoms. The van der Waals surface area contributed by atoms with Crippen molar-refractivity contribution in [3.63, 3.8) is 0 Å². The lowest BCUT2D eigenvalue weighted by atomic mass is 9.95. The number of anilines is 2. The monoisotopic (exact) mass is 330 g/mol. The molecule has 3 amide bonds. The number of nitrogens with two attached hydrogens (primary N) is 1. The van der Waals surface area contributed by atoms with Gasteiger partial charge in [0.25, 0.3) is 0 Å². The van der Waals surface area contributed by atoms with Crippen molar-refractivity contribution in [2.75, 3.05) is 29.9 Å². The van der Waals surface area contributed by atoms with Crippen molar-refractivity contribution in [2.45, 2.75) is 25.8 Å². The maximum absolute atomic E-state index is 12.9. The van der Waals surface area contributed by atoms with Gasteiger partial charge >= 0.3 is 0 Å². The number of para-hydroxylation sites is 2. The van der Waals surface area contributed by atoms with Gasteiger partial charge < -0.3 is 11.1 Å². The van der Waals surface area contributed by atoms with E-state index in [-0.39, 0.29) is 36.2 Å². The molecule has 2 aliphatic rings. The van der Waals surface area contributed by atoms with Gasteiger partial charge in [-0.3, -0.25) is 24.2 Å². The number of nitrogens with zero attached hydrogens (tertiary/aromatic N) is 2. The molecule has 1 atom stereocenters. The Morgan fingerprint density at radius 1 is 1.25 bits per heavy atom. The molecular formula is C17H22N4O3. The molecular weight excluding hydrogens is 308 g/mol. The van der Waals surface area contributed by atoms with E-state index in [9.17, 15) is 14.4 Å². The van der Waals surface area contributed by atoms with Crippen molar-refractivity contribution in [2.24, 2.45) is 11.7 Å². The first kappa shape index (κ1) is 16.4. The predicted octanol–water partition coefficient (Wildman–Crippen LogP) is 0.558. The smallest absolute Gasteiger partial charge is 0.244 e. The van der Waals surface area contributed by atoms with E-state index in [0.717, 1.165) is 5.69 Å². The van der Waals surface area contributed by atoms with Crippen molar-refractivity contribution < 1.29 is 14.4 Å². The summed E-state index contributed by atoms with van der Waals surface area (Å²) >= 11 is 0. The summed E-state index contributed by atoms with van der Waals surface area (Å²) in [5, 5.41) is 2.78. The van der Waals surface area contributed by atoms with Crippen LogP contribution in [0.1, 0.15) is 19.8 Å². The number of hydrogen-bond acceptors (Lipinski definition) is 4. The molecule has 1 unspecified atom stereocenters. The van der Waals surface area contributed by atoms with Crippen LogP contribution in [-0.2, 0) is 14.4 Å². The zero-order chi connectivity index (χ0) is 17.3. The van der Waals surface area contributed by atoms with E-state index in [2.05, 4.69) is 10.2 Å². The summed E-state index contributed by atoms with van der Waals surface area (Å²) in [4.78, 5) is 39.7. The highest BCUT2D eigenvalue weighted by atomic mass is 16.2. The number of likely N-dealkylation sites (tertiary alicyclic amines) is 1. The van der Waals surface area contributed by atoms with Crippen LogP contribution in [0.25, 0.3) is 0 Å². The third-order valence-electron chi connectivity index (χ3n) is 4.87. The molecule has 2 heterocycles. The van der Waals surface area contributed by atoms with Crippen LogP contribution in [0.3, 0.4) is 0 Å². The molecule has 0 spiro atoms. The van der Waals surface area contributed by atoms with Gasteiger partial charge in [0, 0.05) is 5.92 Å². The summed E-state index contributed by atoms with van der Waals surface area (Å²) in [5.74, 6) is -0.670. The lowest BCUT2D eigenvalue weighted by Gasteiger charge is -2.37. The topological polar surface area (TPSA) is 95.7 Å². The fourth-order valence-electron chi connectivity index (χ4n) is 3.38. The van der Waals surface area contributed by atoms with Gasteiger partial charge in [-0.05, 0) is 45.0 Å². The van der Waals surface area contributed by atoms with E-state index in [1.165, 1.54) is 0 Å². The first-order valence-electron chi connectivity index (χ1n) is 8.21. The minimum Gasteiger partial charge on any atom is -0.369 e. The molecule has 1 aromatic rings. The first-order chi connectivity index (χ1) is 11.5. The highest BCUT2D eigenvalue weighted by Crippen LogP contribution is 2.30. The number of hydrogen-bond donors (Lipinski definition) is 2. The average molecular weight is 330 g/mol. The van der Waals surface area contributed by atoms with Gasteiger partial charge in [-0.15, -0.1) is 0 Å². The van der Waals surface area contributed by atoms with E-state index in [1.54, 1.807) is 11.0 Å². The van der Waals surface area contributed by atoms with Crippen LogP contribution in [-0.4, -0.2) is 48.3 Å². The molecule has 1 saturated heterocycles. The average Bonchev–Trinajstić information content (AvgIpc) is 2.59. The maximum Gasteiger partial charge on any atom is 0.244 e. The van der Waals surface area contributed by atoms with E-state index in [4.69, 9.17) is 5.73 Å². The van der Waals surface area contributed by atoms with Gasteiger partial charge in [0.15, 0.2) is 0 Å². The Morgan fingerprint density at radius 3 is 2.58 bits per heavy atom. The molecule has 3 N–H and O–H groups in total. The van der Waals surface area contributed by atoms with Crippen LogP contribution in [0, 0.1) is 5.92 Å². The predicted molar refractivity (Wildman–Crippen MR) is 90.4 cm³/mol. The van der Waals surface area contributed by atoms with Crippen molar-refractivity contribution in [1.82, 2.24) is 4.90 Å². The molecule has 3 rings (SSSR count). The van der Waals surface area contributed by atoms with Crippen LogP contribution < -0.4 is 16.0 Å². The Hall–Kier alpha value is -2.41. The van der Waals surface area contributed by atoms with Gasteiger partial charge in [-0.2, -0.15) is 0 Å². The lowest BCUT2D eigenvalue weighted by Crippen LogP contribution is -2.53. The normalized spacial score (nSPS) is 20.2. The van der Waals surface area contributed by atoms with Crippen molar-refractivity contribution in [3.8, 4) is 0 Å². The number of carbonyl (C=O) groups excluding carboxylic acids is 3. The number of benzene rings is 1. The van der Waals surface area contributed by atoms with E-state index >= 15 is 0 Å². The van der Waals surface area contributed by atoms with Crippen LogP contribution in [0.2, 0.25) is 0 Å². The molecule has 0 aromatic heterocycles. The minimum atomic E-state index is -0.349.